The predicted molar refractivity (Wildman–Crippen MR) is 82.1 cm³/mol. The van der Waals surface area contributed by atoms with Gasteiger partial charge in [0.1, 0.15) is 0 Å². The fraction of sp³-hybridized carbons (Fsp3) is 0.267. The highest BCUT2D eigenvalue weighted by molar-refractivity contribution is 6.07. The number of methoxy groups -OCH3 is 2. The lowest BCUT2D eigenvalue weighted by atomic mass is 10.2. The summed E-state index contributed by atoms with van der Waals surface area (Å²) in [4.78, 5) is 24.1. The van der Waals surface area contributed by atoms with Crippen LogP contribution in [0, 0.1) is 0 Å². The van der Waals surface area contributed by atoms with E-state index >= 15 is 0 Å². The highest BCUT2D eigenvalue weighted by Gasteiger charge is 2.20. The minimum absolute atomic E-state index is 0.0349. The summed E-state index contributed by atoms with van der Waals surface area (Å²) in [5.74, 6) is -1.51. The number of carbonyl (C=O) groups is 2. The zero-order valence-electron chi connectivity index (χ0n) is 13.6. The van der Waals surface area contributed by atoms with Gasteiger partial charge in [0.05, 0.1) is 26.1 Å². The zero-order chi connectivity index (χ0) is 18.6. The molecule has 1 aromatic carbocycles. The Bertz CT molecular complexity index is 791. The van der Waals surface area contributed by atoms with Crippen molar-refractivity contribution in [2.45, 2.75) is 6.61 Å². The number of amides is 1. The second-order valence-corrected chi connectivity index (χ2v) is 4.72. The number of anilines is 1. The lowest BCUT2D eigenvalue weighted by Gasteiger charge is -2.11. The topological polar surface area (TPSA) is 91.7 Å². The van der Waals surface area contributed by atoms with Crippen LogP contribution in [0.5, 0.6) is 11.5 Å². The number of carbonyl (C=O) groups excluding carboxylic acids is 2. The summed E-state index contributed by atoms with van der Waals surface area (Å²) in [6.07, 6.45) is 1.29. The molecule has 10 heteroatoms. The quantitative estimate of drug-likeness (QED) is 0.798. The fourth-order valence-corrected chi connectivity index (χ4v) is 2.06. The van der Waals surface area contributed by atoms with Gasteiger partial charge in [-0.2, -0.15) is 13.9 Å². The summed E-state index contributed by atoms with van der Waals surface area (Å²) < 4.78 is 39.8. The third-order valence-electron chi connectivity index (χ3n) is 3.21. The van der Waals surface area contributed by atoms with Crippen LogP contribution >= 0.6 is 0 Å². The van der Waals surface area contributed by atoms with Gasteiger partial charge in [-0.3, -0.25) is 9.48 Å². The molecule has 0 atom stereocenters. The zero-order valence-corrected chi connectivity index (χ0v) is 13.6. The Kier molecular flexibility index (Phi) is 5.52. The van der Waals surface area contributed by atoms with E-state index in [2.05, 4.69) is 19.9 Å². The number of ether oxygens (including phenoxy) is 3. The Hall–Kier alpha value is -3.17. The van der Waals surface area contributed by atoms with Gasteiger partial charge in [-0.15, -0.1) is 0 Å². The number of aromatic nitrogens is 2. The summed E-state index contributed by atoms with van der Waals surface area (Å²) in [5.41, 5.74) is 0.310. The first-order chi connectivity index (χ1) is 11.9. The van der Waals surface area contributed by atoms with Crippen LogP contribution in [0.25, 0.3) is 0 Å². The Morgan fingerprint density at radius 3 is 2.56 bits per heavy atom. The maximum atomic E-state index is 12.3. The van der Waals surface area contributed by atoms with Crippen molar-refractivity contribution in [2.24, 2.45) is 7.05 Å². The molecule has 0 fully saturated rings. The van der Waals surface area contributed by atoms with Crippen LogP contribution in [0.1, 0.15) is 20.8 Å². The molecule has 0 unspecified atom stereocenters. The molecule has 25 heavy (non-hydrogen) atoms. The third-order valence-corrected chi connectivity index (χ3v) is 3.21. The highest BCUT2D eigenvalue weighted by Crippen LogP contribution is 2.30. The monoisotopic (exact) mass is 355 g/mol. The Morgan fingerprint density at radius 1 is 1.24 bits per heavy atom. The number of alkyl halides is 2. The number of benzene rings is 1. The Labute approximate surface area is 141 Å². The van der Waals surface area contributed by atoms with Gasteiger partial charge in [0.15, 0.2) is 17.2 Å². The van der Waals surface area contributed by atoms with Crippen molar-refractivity contribution in [3.05, 3.63) is 35.7 Å². The van der Waals surface area contributed by atoms with Crippen molar-refractivity contribution in [1.82, 2.24) is 9.78 Å². The lowest BCUT2D eigenvalue weighted by Crippen LogP contribution is -2.16. The van der Waals surface area contributed by atoms with E-state index in [9.17, 15) is 18.4 Å². The van der Waals surface area contributed by atoms with Crippen molar-refractivity contribution >= 4 is 17.6 Å². The smallest absolute Gasteiger partial charge is 0.387 e. The van der Waals surface area contributed by atoms with Crippen LogP contribution in [-0.2, 0) is 11.8 Å². The molecule has 0 radical (unpaired) electrons. The number of halogens is 2. The summed E-state index contributed by atoms with van der Waals surface area (Å²) >= 11 is 0. The molecule has 0 aliphatic heterocycles. The summed E-state index contributed by atoms with van der Waals surface area (Å²) in [6, 6.07) is 3.70. The molecule has 2 aromatic rings. The molecular weight excluding hydrogens is 340 g/mol. The minimum Gasteiger partial charge on any atom is -0.493 e. The van der Waals surface area contributed by atoms with Gasteiger partial charge in [-0.05, 0) is 18.2 Å². The summed E-state index contributed by atoms with van der Waals surface area (Å²) in [7, 11) is 3.97. The van der Waals surface area contributed by atoms with E-state index in [1.807, 2.05) is 0 Å². The van der Waals surface area contributed by atoms with Gasteiger partial charge in [0.25, 0.3) is 5.91 Å². The third kappa shape index (κ3) is 4.03. The fourth-order valence-electron chi connectivity index (χ4n) is 2.06. The van der Waals surface area contributed by atoms with Crippen LogP contribution in [0.4, 0.5) is 14.5 Å². The second-order valence-electron chi connectivity index (χ2n) is 4.72. The van der Waals surface area contributed by atoms with Gasteiger partial charge in [-0.1, -0.05) is 0 Å². The Morgan fingerprint density at radius 2 is 1.96 bits per heavy atom. The van der Waals surface area contributed by atoms with Crippen molar-refractivity contribution in [3.8, 4) is 11.5 Å². The normalized spacial score (nSPS) is 10.5. The number of hydrogen-bond donors (Lipinski definition) is 1. The molecule has 1 amide bonds. The summed E-state index contributed by atoms with van der Waals surface area (Å²) in [6.45, 7) is -3.02. The number of nitrogens with zero attached hydrogens (tertiary/aromatic N) is 2. The molecule has 0 saturated carbocycles. The maximum Gasteiger partial charge on any atom is 0.387 e. The van der Waals surface area contributed by atoms with Gasteiger partial charge < -0.3 is 19.5 Å². The number of aryl methyl sites for hydroxylation is 1. The average Bonchev–Trinajstić information content (AvgIpc) is 2.94. The molecule has 1 aromatic heterocycles. The molecule has 0 bridgehead atoms. The van der Waals surface area contributed by atoms with Crippen molar-refractivity contribution in [1.29, 1.82) is 0 Å². The van der Waals surface area contributed by atoms with Gasteiger partial charge >= 0.3 is 12.6 Å². The van der Waals surface area contributed by atoms with Gasteiger partial charge in [0, 0.05) is 12.6 Å². The van der Waals surface area contributed by atoms with Crippen LogP contribution in [0.3, 0.4) is 0 Å². The molecule has 8 nitrogen and oxygen atoms in total. The van der Waals surface area contributed by atoms with Crippen LogP contribution in [0.15, 0.2) is 24.4 Å². The average molecular weight is 355 g/mol. The van der Waals surface area contributed by atoms with Crippen molar-refractivity contribution in [3.63, 3.8) is 0 Å². The van der Waals surface area contributed by atoms with E-state index in [0.29, 0.717) is 0 Å². The van der Waals surface area contributed by atoms with Gasteiger partial charge in [-0.25, -0.2) is 4.79 Å². The molecule has 1 heterocycles. The maximum absolute atomic E-state index is 12.3. The van der Waals surface area contributed by atoms with E-state index in [0.717, 1.165) is 0 Å². The van der Waals surface area contributed by atoms with E-state index in [-0.39, 0.29) is 28.4 Å². The van der Waals surface area contributed by atoms with E-state index in [1.165, 1.54) is 50.3 Å². The van der Waals surface area contributed by atoms with Crippen molar-refractivity contribution < 1.29 is 32.6 Å². The molecule has 0 aliphatic carbocycles. The first kappa shape index (κ1) is 18.2. The van der Waals surface area contributed by atoms with Crippen molar-refractivity contribution in [2.75, 3.05) is 19.5 Å². The molecule has 1 N–H and O–H groups in total. The second kappa shape index (κ2) is 7.60. The molecule has 0 aliphatic rings. The largest absolute Gasteiger partial charge is 0.493 e. The molecule has 0 saturated heterocycles. The number of rotatable bonds is 6. The first-order valence-electron chi connectivity index (χ1n) is 6.91. The molecule has 0 spiro atoms. The SMILES string of the molecule is COC(=O)c1c(NC(=O)c2ccc(OC(F)F)c(OC)c2)cnn1C. The summed E-state index contributed by atoms with van der Waals surface area (Å²) in [5, 5.41) is 6.39. The predicted octanol–water partition coefficient (Wildman–Crippen LogP) is 2.07. The number of nitrogens with one attached hydrogen (secondary N) is 1. The number of esters is 1. The molecular formula is C15H15F2N3O5. The van der Waals surface area contributed by atoms with E-state index < -0.39 is 18.5 Å². The van der Waals surface area contributed by atoms with E-state index in [4.69, 9.17) is 4.74 Å². The van der Waals surface area contributed by atoms with Gasteiger partial charge in [0.2, 0.25) is 0 Å². The first-order valence-corrected chi connectivity index (χ1v) is 6.91. The molecule has 134 valence electrons. The Balaban J connectivity index is 2.26. The van der Waals surface area contributed by atoms with Crippen LogP contribution in [0.2, 0.25) is 0 Å². The van der Waals surface area contributed by atoms with Crippen LogP contribution < -0.4 is 14.8 Å². The van der Waals surface area contributed by atoms with Crippen LogP contribution in [-0.4, -0.2) is 42.5 Å². The lowest BCUT2D eigenvalue weighted by molar-refractivity contribution is -0.0512. The standard InChI is InChI=1S/C15H15F2N3O5/c1-20-12(14(22)24-3)9(7-18-20)19-13(21)8-4-5-10(25-15(16)17)11(6-8)23-2/h4-7,15H,1-3H3,(H,19,21). The molecule has 2 rings (SSSR count). The highest BCUT2D eigenvalue weighted by atomic mass is 19.3. The van der Waals surface area contributed by atoms with E-state index in [1.54, 1.807) is 0 Å². The minimum atomic E-state index is -3.02. The number of hydrogen-bond acceptors (Lipinski definition) is 6.